The summed E-state index contributed by atoms with van der Waals surface area (Å²) in [4.78, 5) is 8.92. The first-order chi connectivity index (χ1) is 22.1. The number of halogens is 1. The first-order valence-electron chi connectivity index (χ1n) is 14.8. The predicted molar refractivity (Wildman–Crippen MR) is 168 cm³/mol. The molecule has 0 bridgehead atoms. The molecule has 0 saturated carbocycles. The minimum Gasteiger partial charge on any atom is -0.491 e. The molecule has 0 amide bonds. The molecule has 11 nitrogen and oxygen atoms in total. The predicted octanol–water partition coefficient (Wildman–Crippen LogP) is 4.39. The number of piperazine rings is 1. The van der Waals surface area contributed by atoms with E-state index in [1.165, 1.54) is 29.6 Å². The Morgan fingerprint density at radius 3 is 2.22 bits per heavy atom. The molecule has 2 unspecified atom stereocenters. The molecule has 0 N–H and O–H groups in total. The summed E-state index contributed by atoms with van der Waals surface area (Å²) in [6.45, 7) is 4.76. The third-order valence-corrected chi connectivity index (χ3v) is 8.71. The van der Waals surface area contributed by atoms with Crippen molar-refractivity contribution in [2.45, 2.75) is 23.6 Å². The Morgan fingerprint density at radius 2 is 1.58 bits per heavy atom. The molecule has 2 aromatic heterocycles. The summed E-state index contributed by atoms with van der Waals surface area (Å²) < 4.78 is 36.0. The van der Waals surface area contributed by atoms with Crippen LogP contribution in [0.15, 0.2) is 96.7 Å². The van der Waals surface area contributed by atoms with Crippen molar-refractivity contribution in [2.24, 2.45) is 0 Å². The van der Waals surface area contributed by atoms with E-state index < -0.39 is 5.79 Å². The summed E-state index contributed by atoms with van der Waals surface area (Å²) >= 11 is 1.52. The van der Waals surface area contributed by atoms with Gasteiger partial charge in [0.1, 0.15) is 24.3 Å². The number of tetrazole rings is 1. The maximum Gasteiger partial charge on any atom is 0.214 e. The minimum atomic E-state index is -1.05. The Hall–Kier alpha value is -4.46. The number of aromatic nitrogens is 6. The molecule has 5 aromatic rings. The monoisotopic (exact) mass is 628 g/mol. The Kier molecular flexibility index (Phi) is 8.37. The lowest BCUT2D eigenvalue weighted by molar-refractivity contribution is -0.189. The SMILES string of the molecule is CSc1nnnn1-c1ccc(N2CCN(c3ccc(OCC4COC(Cn5ccnc5)(c5ccc(F)cc5)O4)cc3)CC2)cc1. The molecule has 232 valence electrons. The van der Waals surface area contributed by atoms with Gasteiger partial charge >= 0.3 is 0 Å². The highest BCUT2D eigenvalue weighted by atomic mass is 32.2. The third-order valence-electron chi connectivity index (χ3n) is 8.09. The lowest BCUT2D eigenvalue weighted by Crippen LogP contribution is -2.46. The molecule has 2 fully saturated rings. The van der Waals surface area contributed by atoms with E-state index in [4.69, 9.17) is 14.2 Å². The molecule has 13 heteroatoms. The summed E-state index contributed by atoms with van der Waals surface area (Å²) in [6, 6.07) is 22.8. The number of thioether (sulfide) groups is 1. The highest BCUT2D eigenvalue weighted by molar-refractivity contribution is 7.98. The topological polar surface area (TPSA) is 95.6 Å². The summed E-state index contributed by atoms with van der Waals surface area (Å²) in [5.74, 6) is -0.595. The molecule has 0 spiro atoms. The summed E-state index contributed by atoms with van der Waals surface area (Å²) in [5.41, 5.74) is 4.04. The zero-order valence-corrected chi connectivity index (χ0v) is 25.6. The number of imidazole rings is 1. The maximum atomic E-state index is 13.6. The van der Waals surface area contributed by atoms with Gasteiger partial charge in [0.2, 0.25) is 10.9 Å². The van der Waals surface area contributed by atoms with Crippen LogP contribution in [0.4, 0.5) is 15.8 Å². The normalized spacial score (nSPS) is 20.1. The standard InChI is InChI=1S/C32H33FN8O3S/c1-45-31-35-36-37-41(31)28-8-6-26(7-9-28)39-16-18-40(19-17-39)27-10-12-29(13-11-27)42-20-30-21-43-32(44-30,22-38-15-14-34-23-38)24-2-4-25(33)5-3-24/h2-15,23,30H,16-22H2,1H3. The van der Waals surface area contributed by atoms with Gasteiger partial charge in [-0.25, -0.2) is 9.37 Å². The van der Waals surface area contributed by atoms with Gasteiger partial charge < -0.3 is 28.6 Å². The largest absolute Gasteiger partial charge is 0.491 e. The zero-order chi connectivity index (χ0) is 30.6. The van der Waals surface area contributed by atoms with Gasteiger partial charge in [-0.3, -0.25) is 0 Å². The van der Waals surface area contributed by atoms with Crippen molar-refractivity contribution < 1.29 is 18.6 Å². The van der Waals surface area contributed by atoms with Crippen molar-refractivity contribution >= 4 is 23.1 Å². The van der Waals surface area contributed by atoms with Crippen LogP contribution in [0.1, 0.15) is 5.56 Å². The van der Waals surface area contributed by atoms with Gasteiger partial charge in [0.05, 0.1) is 25.2 Å². The molecule has 0 aliphatic carbocycles. The van der Waals surface area contributed by atoms with Gasteiger partial charge in [0, 0.05) is 55.5 Å². The van der Waals surface area contributed by atoms with Crippen molar-refractivity contribution in [2.75, 3.05) is 55.4 Å². The van der Waals surface area contributed by atoms with Crippen molar-refractivity contribution in [1.82, 2.24) is 29.8 Å². The number of hydrogen-bond acceptors (Lipinski definition) is 10. The van der Waals surface area contributed by atoms with Crippen LogP contribution in [-0.4, -0.2) is 81.5 Å². The number of anilines is 2. The van der Waals surface area contributed by atoms with Crippen molar-refractivity contribution in [3.05, 3.63) is 103 Å². The average molecular weight is 629 g/mol. The van der Waals surface area contributed by atoms with Gasteiger partial charge in [0.15, 0.2) is 0 Å². The van der Waals surface area contributed by atoms with Gasteiger partial charge in [-0.1, -0.05) is 23.9 Å². The first-order valence-corrected chi connectivity index (χ1v) is 16.0. The molecule has 2 aliphatic rings. The number of ether oxygens (including phenoxy) is 3. The van der Waals surface area contributed by atoms with Gasteiger partial charge in [-0.05, 0) is 77.3 Å². The number of rotatable bonds is 10. The van der Waals surface area contributed by atoms with Crippen LogP contribution >= 0.6 is 11.8 Å². The van der Waals surface area contributed by atoms with E-state index in [1.54, 1.807) is 29.3 Å². The second-order valence-corrected chi connectivity index (χ2v) is 11.7. The molecule has 45 heavy (non-hydrogen) atoms. The highest BCUT2D eigenvalue weighted by Crippen LogP contribution is 2.36. The Bertz CT molecular complexity index is 1680. The van der Waals surface area contributed by atoms with E-state index in [0.29, 0.717) is 19.8 Å². The molecule has 7 rings (SSSR count). The van der Waals surface area contributed by atoms with Crippen LogP contribution in [0.3, 0.4) is 0 Å². The van der Waals surface area contributed by atoms with E-state index in [1.807, 2.05) is 29.2 Å². The van der Waals surface area contributed by atoms with E-state index in [-0.39, 0.29) is 11.9 Å². The summed E-state index contributed by atoms with van der Waals surface area (Å²) in [5, 5.41) is 12.7. The molecule has 2 aliphatic heterocycles. The van der Waals surface area contributed by atoms with Gasteiger partial charge in [-0.2, -0.15) is 4.68 Å². The minimum absolute atomic E-state index is 0.291. The van der Waals surface area contributed by atoms with Gasteiger partial charge in [0.25, 0.3) is 0 Å². The molecular formula is C32H33FN8O3S. The second kappa shape index (κ2) is 12.9. The molecular weight excluding hydrogens is 595 g/mol. The Balaban J connectivity index is 0.921. The number of benzene rings is 3. The molecule has 2 saturated heterocycles. The molecule has 2 atom stereocenters. The quantitative estimate of drug-likeness (QED) is 0.207. The smallest absolute Gasteiger partial charge is 0.214 e. The van der Waals surface area contributed by atoms with Crippen molar-refractivity contribution in [3.8, 4) is 11.4 Å². The lowest BCUT2D eigenvalue weighted by atomic mass is 10.1. The Morgan fingerprint density at radius 1 is 0.911 bits per heavy atom. The number of hydrogen-bond donors (Lipinski definition) is 0. The van der Waals surface area contributed by atoms with Crippen molar-refractivity contribution in [1.29, 1.82) is 0 Å². The van der Waals surface area contributed by atoms with Crippen LogP contribution in [0, 0.1) is 5.82 Å². The van der Waals surface area contributed by atoms with E-state index >= 15 is 0 Å². The maximum absolute atomic E-state index is 13.6. The molecule has 0 radical (unpaired) electrons. The number of nitrogens with zero attached hydrogens (tertiary/aromatic N) is 8. The summed E-state index contributed by atoms with van der Waals surface area (Å²) in [7, 11) is 0. The van der Waals surface area contributed by atoms with E-state index in [0.717, 1.165) is 54.0 Å². The van der Waals surface area contributed by atoms with Crippen LogP contribution in [-0.2, 0) is 21.8 Å². The first kappa shape index (κ1) is 29.3. The van der Waals surface area contributed by atoms with Crippen LogP contribution in [0.25, 0.3) is 5.69 Å². The van der Waals surface area contributed by atoms with E-state index in [9.17, 15) is 4.39 Å². The van der Waals surface area contributed by atoms with Gasteiger partial charge in [-0.15, -0.1) is 5.10 Å². The fourth-order valence-corrected chi connectivity index (χ4v) is 6.17. The average Bonchev–Trinajstić information content (AvgIpc) is 3.87. The van der Waals surface area contributed by atoms with E-state index in [2.05, 4.69) is 66.7 Å². The molecule has 3 aromatic carbocycles. The zero-order valence-electron chi connectivity index (χ0n) is 24.8. The fourth-order valence-electron chi connectivity index (χ4n) is 5.74. The van der Waals surface area contributed by atoms with Crippen molar-refractivity contribution in [3.63, 3.8) is 0 Å². The van der Waals surface area contributed by atoms with Crippen LogP contribution < -0.4 is 14.5 Å². The lowest BCUT2D eigenvalue weighted by Gasteiger charge is -2.37. The summed E-state index contributed by atoms with van der Waals surface area (Å²) in [6.07, 6.45) is 6.93. The van der Waals surface area contributed by atoms with Crippen LogP contribution in [0.5, 0.6) is 5.75 Å². The van der Waals surface area contributed by atoms with Crippen LogP contribution in [0.2, 0.25) is 0 Å². The third kappa shape index (κ3) is 6.37. The molecule has 4 heterocycles. The Labute approximate surface area is 264 Å². The fraction of sp³-hybridized carbons (Fsp3) is 0.312. The highest BCUT2D eigenvalue weighted by Gasteiger charge is 2.44. The second-order valence-electron chi connectivity index (χ2n) is 10.9.